The van der Waals surface area contributed by atoms with Gasteiger partial charge >= 0.3 is 5.97 Å². The van der Waals surface area contributed by atoms with Crippen LogP contribution in [0.15, 0.2) is 0 Å². The molecular formula is C17H34O2. The van der Waals surface area contributed by atoms with Gasteiger partial charge in [-0.25, -0.2) is 0 Å². The fraction of sp³-hybridized carbons (Fsp3) is 0.941. The van der Waals surface area contributed by atoms with Crippen LogP contribution in [0, 0.1) is 23.2 Å². The molecule has 0 heterocycles. The molecule has 0 bridgehead atoms. The molecule has 0 aromatic carbocycles. The van der Waals surface area contributed by atoms with E-state index in [0.717, 1.165) is 38.5 Å². The van der Waals surface area contributed by atoms with Gasteiger partial charge in [-0.05, 0) is 36.5 Å². The number of carboxylic acid groups (broad SMARTS) is 1. The second-order valence-electron chi connectivity index (χ2n) is 6.77. The Morgan fingerprint density at radius 3 is 2.00 bits per heavy atom. The van der Waals surface area contributed by atoms with Gasteiger partial charge in [0.2, 0.25) is 0 Å². The minimum absolute atomic E-state index is 0.0357. The first kappa shape index (κ1) is 18.5. The summed E-state index contributed by atoms with van der Waals surface area (Å²) in [6.07, 6.45) is 6.13. The second-order valence-corrected chi connectivity index (χ2v) is 6.77. The molecule has 1 N–H and O–H groups in total. The fourth-order valence-electron chi connectivity index (χ4n) is 3.56. The molecular weight excluding hydrogens is 236 g/mol. The normalized spacial score (nSPS) is 16.6. The van der Waals surface area contributed by atoms with Gasteiger partial charge in [0, 0.05) is 0 Å². The zero-order valence-corrected chi connectivity index (χ0v) is 13.8. The van der Waals surface area contributed by atoms with Crippen molar-refractivity contribution in [3.8, 4) is 0 Å². The molecule has 0 aliphatic heterocycles. The third kappa shape index (κ3) is 5.16. The fourth-order valence-corrected chi connectivity index (χ4v) is 3.56. The molecule has 2 unspecified atom stereocenters. The van der Waals surface area contributed by atoms with Crippen LogP contribution in [0.3, 0.4) is 0 Å². The highest BCUT2D eigenvalue weighted by Crippen LogP contribution is 2.48. The van der Waals surface area contributed by atoms with Gasteiger partial charge in [0.25, 0.3) is 0 Å². The van der Waals surface area contributed by atoms with Gasteiger partial charge < -0.3 is 5.11 Å². The van der Waals surface area contributed by atoms with Gasteiger partial charge in [0.1, 0.15) is 0 Å². The second kappa shape index (κ2) is 8.60. The van der Waals surface area contributed by atoms with Crippen molar-refractivity contribution in [2.75, 3.05) is 0 Å². The van der Waals surface area contributed by atoms with E-state index in [9.17, 15) is 9.90 Å². The summed E-state index contributed by atoms with van der Waals surface area (Å²) in [6, 6.07) is 0. The predicted molar refractivity (Wildman–Crippen MR) is 82.3 cm³/mol. The monoisotopic (exact) mass is 270 g/mol. The van der Waals surface area contributed by atoms with E-state index in [-0.39, 0.29) is 11.3 Å². The molecule has 2 nitrogen and oxygen atoms in total. The topological polar surface area (TPSA) is 37.3 Å². The summed E-state index contributed by atoms with van der Waals surface area (Å²) in [5.41, 5.74) is -0.0357. The van der Waals surface area contributed by atoms with E-state index in [2.05, 4.69) is 41.5 Å². The molecule has 0 fully saturated rings. The van der Waals surface area contributed by atoms with E-state index in [1.54, 1.807) is 0 Å². The van der Waals surface area contributed by atoms with Crippen molar-refractivity contribution in [3.63, 3.8) is 0 Å². The summed E-state index contributed by atoms with van der Waals surface area (Å²) < 4.78 is 0. The van der Waals surface area contributed by atoms with Crippen LogP contribution in [0.25, 0.3) is 0 Å². The van der Waals surface area contributed by atoms with Crippen molar-refractivity contribution in [2.45, 2.75) is 80.1 Å². The summed E-state index contributed by atoms with van der Waals surface area (Å²) in [5, 5.41) is 9.70. The van der Waals surface area contributed by atoms with E-state index in [1.807, 2.05) is 0 Å². The Morgan fingerprint density at radius 1 is 1.11 bits per heavy atom. The number of hydrogen-bond acceptors (Lipinski definition) is 1. The quantitative estimate of drug-likeness (QED) is 0.579. The predicted octanol–water partition coefficient (Wildman–Crippen LogP) is 5.37. The van der Waals surface area contributed by atoms with E-state index in [0.29, 0.717) is 11.8 Å². The molecule has 0 saturated heterocycles. The Kier molecular flexibility index (Phi) is 8.36. The molecule has 114 valence electrons. The van der Waals surface area contributed by atoms with Crippen molar-refractivity contribution in [3.05, 3.63) is 0 Å². The number of carboxylic acids is 1. The maximum absolute atomic E-state index is 11.8. The molecule has 0 radical (unpaired) electrons. The summed E-state index contributed by atoms with van der Waals surface area (Å²) in [5.74, 6) is 0.200. The number of aliphatic carboxylic acids is 1. The summed E-state index contributed by atoms with van der Waals surface area (Å²) in [6.45, 7) is 13.1. The van der Waals surface area contributed by atoms with Crippen LogP contribution in [0.4, 0.5) is 0 Å². The average molecular weight is 270 g/mol. The molecule has 2 atom stereocenters. The van der Waals surface area contributed by atoms with Crippen LogP contribution in [0.1, 0.15) is 80.1 Å². The Bertz CT molecular complexity index is 258. The van der Waals surface area contributed by atoms with Gasteiger partial charge in [-0.1, -0.05) is 60.8 Å². The van der Waals surface area contributed by atoms with Crippen LogP contribution >= 0.6 is 0 Å². The first-order chi connectivity index (χ1) is 8.81. The van der Waals surface area contributed by atoms with Crippen LogP contribution in [-0.4, -0.2) is 11.1 Å². The molecule has 19 heavy (non-hydrogen) atoms. The maximum Gasteiger partial charge on any atom is 0.307 e. The zero-order valence-electron chi connectivity index (χ0n) is 13.8. The Hall–Kier alpha value is -0.530. The third-order valence-electron chi connectivity index (χ3n) is 4.50. The SMILES string of the molecule is CCCCC(CC(C)C)(C(C)C)C(CCC)C(=O)O. The van der Waals surface area contributed by atoms with E-state index in [4.69, 9.17) is 0 Å². The first-order valence-corrected chi connectivity index (χ1v) is 8.04. The molecule has 0 saturated carbocycles. The molecule has 0 aromatic rings. The zero-order chi connectivity index (χ0) is 15.1. The van der Waals surface area contributed by atoms with E-state index < -0.39 is 5.97 Å². The van der Waals surface area contributed by atoms with Crippen LogP contribution in [0.5, 0.6) is 0 Å². The average Bonchev–Trinajstić information content (AvgIpc) is 2.30. The number of carbonyl (C=O) groups is 1. The molecule has 2 heteroatoms. The maximum atomic E-state index is 11.8. The van der Waals surface area contributed by atoms with Crippen LogP contribution in [-0.2, 0) is 4.79 Å². The van der Waals surface area contributed by atoms with Gasteiger partial charge in [0.15, 0.2) is 0 Å². The van der Waals surface area contributed by atoms with Crippen molar-refractivity contribution in [1.82, 2.24) is 0 Å². The Morgan fingerprint density at radius 2 is 1.68 bits per heavy atom. The van der Waals surface area contributed by atoms with Crippen molar-refractivity contribution in [2.24, 2.45) is 23.2 Å². The summed E-state index contributed by atoms with van der Waals surface area (Å²) >= 11 is 0. The van der Waals surface area contributed by atoms with Gasteiger partial charge in [-0.3, -0.25) is 4.79 Å². The molecule has 0 aliphatic rings. The van der Waals surface area contributed by atoms with Crippen LogP contribution in [0.2, 0.25) is 0 Å². The third-order valence-corrected chi connectivity index (χ3v) is 4.50. The number of unbranched alkanes of at least 4 members (excludes halogenated alkanes) is 1. The van der Waals surface area contributed by atoms with Gasteiger partial charge in [0.05, 0.1) is 5.92 Å². The molecule has 0 aliphatic carbocycles. The van der Waals surface area contributed by atoms with E-state index >= 15 is 0 Å². The van der Waals surface area contributed by atoms with Crippen molar-refractivity contribution >= 4 is 5.97 Å². The molecule has 0 spiro atoms. The minimum Gasteiger partial charge on any atom is -0.481 e. The Labute approximate surface area is 120 Å². The standard InChI is InChI=1S/C17H34O2/c1-7-9-11-17(14(5)6,12-13(3)4)15(10-8-2)16(18)19/h13-15H,7-12H2,1-6H3,(H,18,19). The van der Waals surface area contributed by atoms with Crippen molar-refractivity contribution < 1.29 is 9.90 Å². The Balaban J connectivity index is 5.41. The molecule has 0 rings (SSSR count). The highest BCUT2D eigenvalue weighted by Gasteiger charge is 2.44. The van der Waals surface area contributed by atoms with Crippen LogP contribution < -0.4 is 0 Å². The lowest BCUT2D eigenvalue weighted by Gasteiger charge is -2.44. The van der Waals surface area contributed by atoms with Crippen molar-refractivity contribution in [1.29, 1.82) is 0 Å². The first-order valence-electron chi connectivity index (χ1n) is 8.04. The summed E-state index contributed by atoms with van der Waals surface area (Å²) in [7, 11) is 0. The lowest BCUT2D eigenvalue weighted by molar-refractivity contribution is -0.150. The lowest BCUT2D eigenvalue weighted by atomic mass is 9.60. The van der Waals surface area contributed by atoms with Gasteiger partial charge in [-0.15, -0.1) is 0 Å². The lowest BCUT2D eigenvalue weighted by Crippen LogP contribution is -2.41. The highest BCUT2D eigenvalue weighted by molar-refractivity contribution is 5.71. The summed E-state index contributed by atoms with van der Waals surface area (Å²) in [4.78, 5) is 11.8. The van der Waals surface area contributed by atoms with Gasteiger partial charge in [-0.2, -0.15) is 0 Å². The largest absolute Gasteiger partial charge is 0.481 e. The number of rotatable bonds is 10. The molecule has 0 amide bonds. The minimum atomic E-state index is -0.590. The molecule has 0 aromatic heterocycles. The highest BCUT2D eigenvalue weighted by atomic mass is 16.4. The van der Waals surface area contributed by atoms with E-state index in [1.165, 1.54) is 0 Å². The smallest absolute Gasteiger partial charge is 0.307 e. The number of hydrogen-bond donors (Lipinski definition) is 1.